The Morgan fingerprint density at radius 2 is 1.88 bits per heavy atom. The van der Waals surface area contributed by atoms with Gasteiger partial charge in [-0.1, -0.05) is 12.1 Å². The standard InChI is InChI=1S/C18H26N4O4/c1-12(2)20-16(25)21-14-6-4-13(5-7-14)10-19-17(26)22-9-8-18(3,11-22)15(23)24/h4-7,12H,8-11H2,1-3H3,(H,19,26)(H,23,24)(H2,20,21,25). The van der Waals surface area contributed by atoms with Crippen molar-refractivity contribution in [2.45, 2.75) is 39.8 Å². The molecule has 1 heterocycles. The van der Waals surface area contributed by atoms with Crippen LogP contribution in [0.25, 0.3) is 0 Å². The number of urea groups is 2. The van der Waals surface area contributed by atoms with Crippen LogP contribution in [0.15, 0.2) is 24.3 Å². The van der Waals surface area contributed by atoms with E-state index in [1.165, 1.54) is 4.90 Å². The van der Waals surface area contributed by atoms with Crippen LogP contribution in [0.2, 0.25) is 0 Å². The fraction of sp³-hybridized carbons (Fsp3) is 0.500. The molecule has 1 unspecified atom stereocenters. The molecule has 4 amide bonds. The number of benzene rings is 1. The highest BCUT2D eigenvalue weighted by Gasteiger charge is 2.42. The molecule has 0 radical (unpaired) electrons. The second-order valence-corrected chi connectivity index (χ2v) is 7.15. The van der Waals surface area contributed by atoms with E-state index in [2.05, 4.69) is 16.0 Å². The molecule has 1 atom stereocenters. The SMILES string of the molecule is CC(C)NC(=O)Nc1ccc(CNC(=O)N2CCC(C)(C(=O)O)C2)cc1. The second-order valence-electron chi connectivity index (χ2n) is 7.15. The number of carbonyl (C=O) groups is 3. The molecule has 1 saturated heterocycles. The van der Waals surface area contributed by atoms with Gasteiger partial charge in [0.05, 0.1) is 5.41 Å². The average molecular weight is 362 g/mol. The van der Waals surface area contributed by atoms with Crippen molar-refractivity contribution in [1.82, 2.24) is 15.5 Å². The summed E-state index contributed by atoms with van der Waals surface area (Å²) in [5.41, 5.74) is 0.671. The minimum absolute atomic E-state index is 0.0538. The molecule has 4 N–H and O–H groups in total. The lowest BCUT2D eigenvalue weighted by Crippen LogP contribution is -2.40. The number of carboxylic acids is 1. The van der Waals surface area contributed by atoms with E-state index < -0.39 is 11.4 Å². The lowest BCUT2D eigenvalue weighted by atomic mass is 9.90. The molecule has 1 aliphatic rings. The Bertz CT molecular complexity index is 674. The molecule has 142 valence electrons. The Balaban J connectivity index is 1.82. The molecule has 1 aliphatic heterocycles. The van der Waals surface area contributed by atoms with Crippen molar-refractivity contribution < 1.29 is 19.5 Å². The van der Waals surface area contributed by atoms with Crippen molar-refractivity contribution in [3.05, 3.63) is 29.8 Å². The van der Waals surface area contributed by atoms with Gasteiger partial charge in [-0.25, -0.2) is 9.59 Å². The minimum atomic E-state index is -0.877. The van der Waals surface area contributed by atoms with E-state index in [0.29, 0.717) is 25.2 Å². The van der Waals surface area contributed by atoms with Crippen molar-refractivity contribution in [1.29, 1.82) is 0 Å². The molecule has 1 fully saturated rings. The van der Waals surface area contributed by atoms with E-state index >= 15 is 0 Å². The number of likely N-dealkylation sites (tertiary alicyclic amines) is 1. The number of nitrogens with one attached hydrogen (secondary N) is 3. The summed E-state index contributed by atoms with van der Waals surface area (Å²) in [5.74, 6) is -0.877. The summed E-state index contributed by atoms with van der Waals surface area (Å²) in [6.45, 7) is 6.39. The monoisotopic (exact) mass is 362 g/mol. The highest BCUT2D eigenvalue weighted by atomic mass is 16.4. The van der Waals surface area contributed by atoms with Crippen molar-refractivity contribution in [3.8, 4) is 0 Å². The first-order chi connectivity index (χ1) is 12.2. The topological polar surface area (TPSA) is 111 Å². The first-order valence-corrected chi connectivity index (χ1v) is 8.62. The van der Waals surface area contributed by atoms with Crippen LogP contribution < -0.4 is 16.0 Å². The van der Waals surface area contributed by atoms with Crippen LogP contribution >= 0.6 is 0 Å². The number of aliphatic carboxylic acids is 1. The summed E-state index contributed by atoms with van der Waals surface area (Å²) in [7, 11) is 0. The molecule has 26 heavy (non-hydrogen) atoms. The fourth-order valence-corrected chi connectivity index (χ4v) is 2.73. The summed E-state index contributed by atoms with van der Waals surface area (Å²) in [6, 6.07) is 6.67. The van der Waals surface area contributed by atoms with Gasteiger partial charge in [0.1, 0.15) is 0 Å². The lowest BCUT2D eigenvalue weighted by Gasteiger charge is -2.20. The average Bonchev–Trinajstić information content (AvgIpc) is 2.97. The van der Waals surface area contributed by atoms with Crippen molar-refractivity contribution >= 4 is 23.7 Å². The Morgan fingerprint density at radius 1 is 1.23 bits per heavy atom. The Morgan fingerprint density at radius 3 is 2.42 bits per heavy atom. The van der Waals surface area contributed by atoms with E-state index in [-0.39, 0.29) is 24.6 Å². The highest BCUT2D eigenvalue weighted by molar-refractivity contribution is 5.89. The molecule has 0 saturated carbocycles. The summed E-state index contributed by atoms with van der Waals surface area (Å²) in [6.07, 6.45) is 0.453. The van der Waals surface area contributed by atoms with Gasteiger partial charge >= 0.3 is 18.0 Å². The second kappa shape index (κ2) is 8.07. The highest BCUT2D eigenvalue weighted by Crippen LogP contribution is 2.29. The lowest BCUT2D eigenvalue weighted by molar-refractivity contribution is -0.147. The van der Waals surface area contributed by atoms with Gasteiger partial charge in [0.25, 0.3) is 0 Å². The molecule has 0 spiro atoms. The zero-order valence-electron chi connectivity index (χ0n) is 15.3. The van der Waals surface area contributed by atoms with E-state index in [1.807, 2.05) is 26.0 Å². The number of carboxylic acid groups (broad SMARTS) is 1. The first-order valence-electron chi connectivity index (χ1n) is 8.62. The van der Waals surface area contributed by atoms with E-state index in [4.69, 9.17) is 0 Å². The number of hydrogen-bond acceptors (Lipinski definition) is 3. The van der Waals surface area contributed by atoms with Crippen LogP contribution in [0.3, 0.4) is 0 Å². The third kappa shape index (κ3) is 5.11. The van der Waals surface area contributed by atoms with Gasteiger partial charge in [-0.3, -0.25) is 4.79 Å². The predicted octanol–water partition coefficient (Wildman–Crippen LogP) is 2.22. The molecular weight excluding hydrogens is 336 g/mol. The Kier molecular flexibility index (Phi) is 6.07. The van der Waals surface area contributed by atoms with Gasteiger partial charge in [0, 0.05) is 31.4 Å². The molecule has 8 heteroatoms. The molecule has 2 rings (SSSR count). The molecule has 8 nitrogen and oxygen atoms in total. The fourth-order valence-electron chi connectivity index (χ4n) is 2.73. The number of hydrogen-bond donors (Lipinski definition) is 4. The number of carbonyl (C=O) groups excluding carboxylic acids is 2. The molecular formula is C18H26N4O4. The van der Waals surface area contributed by atoms with Crippen molar-refractivity contribution in [2.75, 3.05) is 18.4 Å². The number of rotatable bonds is 5. The molecule has 0 bridgehead atoms. The number of amides is 4. The van der Waals surface area contributed by atoms with Crippen LogP contribution in [0.5, 0.6) is 0 Å². The van der Waals surface area contributed by atoms with Gasteiger partial charge < -0.3 is 26.0 Å². The smallest absolute Gasteiger partial charge is 0.319 e. The van der Waals surface area contributed by atoms with Crippen molar-refractivity contribution in [3.63, 3.8) is 0 Å². The third-order valence-corrected chi connectivity index (χ3v) is 4.35. The van der Waals surface area contributed by atoms with Gasteiger partial charge in [0.15, 0.2) is 0 Å². The van der Waals surface area contributed by atoms with Crippen LogP contribution in [-0.2, 0) is 11.3 Å². The Hall–Kier alpha value is -2.77. The quantitative estimate of drug-likeness (QED) is 0.643. The van der Waals surface area contributed by atoms with Crippen LogP contribution in [0, 0.1) is 5.41 Å². The maximum Gasteiger partial charge on any atom is 0.319 e. The summed E-state index contributed by atoms with van der Waals surface area (Å²) < 4.78 is 0. The van der Waals surface area contributed by atoms with E-state index in [0.717, 1.165) is 5.56 Å². The number of nitrogens with zero attached hydrogens (tertiary/aromatic N) is 1. The molecule has 0 aliphatic carbocycles. The zero-order valence-corrected chi connectivity index (χ0v) is 15.3. The van der Waals surface area contributed by atoms with Crippen molar-refractivity contribution in [2.24, 2.45) is 5.41 Å². The van der Waals surface area contributed by atoms with Gasteiger partial charge in [-0.2, -0.15) is 0 Å². The largest absolute Gasteiger partial charge is 0.481 e. The third-order valence-electron chi connectivity index (χ3n) is 4.35. The predicted molar refractivity (Wildman–Crippen MR) is 97.9 cm³/mol. The summed E-state index contributed by atoms with van der Waals surface area (Å²) in [5, 5.41) is 17.5. The molecule has 1 aromatic rings. The van der Waals surface area contributed by atoms with Crippen LogP contribution in [-0.4, -0.2) is 47.2 Å². The molecule has 1 aromatic carbocycles. The van der Waals surface area contributed by atoms with E-state index in [1.54, 1.807) is 19.1 Å². The summed E-state index contributed by atoms with van der Waals surface area (Å²) in [4.78, 5) is 36.6. The minimum Gasteiger partial charge on any atom is -0.481 e. The van der Waals surface area contributed by atoms with Crippen LogP contribution in [0.1, 0.15) is 32.8 Å². The maximum atomic E-state index is 12.2. The van der Waals surface area contributed by atoms with E-state index in [9.17, 15) is 19.5 Å². The Labute approximate surface area is 152 Å². The summed E-state index contributed by atoms with van der Waals surface area (Å²) >= 11 is 0. The zero-order chi connectivity index (χ0) is 19.3. The normalized spacial score (nSPS) is 19.3. The molecule has 0 aromatic heterocycles. The van der Waals surface area contributed by atoms with Crippen LogP contribution in [0.4, 0.5) is 15.3 Å². The van der Waals surface area contributed by atoms with Gasteiger partial charge in [-0.15, -0.1) is 0 Å². The first kappa shape index (κ1) is 19.6. The number of anilines is 1. The van der Waals surface area contributed by atoms with Gasteiger partial charge in [0.2, 0.25) is 0 Å². The van der Waals surface area contributed by atoms with Gasteiger partial charge in [-0.05, 0) is 44.9 Å². The maximum absolute atomic E-state index is 12.2.